The first-order valence-electron chi connectivity index (χ1n) is 5.72. The number of aliphatic hydroxyl groups excluding tert-OH is 2. The molecule has 18 heavy (non-hydrogen) atoms. The summed E-state index contributed by atoms with van der Waals surface area (Å²) in [5, 5.41) is 40.5. The van der Waals surface area contributed by atoms with Gasteiger partial charge in [-0.3, -0.25) is 4.98 Å². The molecule has 5 N–H and O–H groups in total. The summed E-state index contributed by atoms with van der Waals surface area (Å²) in [6.07, 6.45) is 1.51. The lowest BCUT2D eigenvalue weighted by Crippen LogP contribution is -2.40. The molecule has 102 valence electrons. The number of aromatic nitrogens is 1. The van der Waals surface area contributed by atoms with Gasteiger partial charge in [0.2, 0.25) is 0 Å². The SMILES string of the molecule is Cc1ncc(CO)c(CNCC(C)(O)CO)c1O. The number of aromatic hydroxyl groups is 1. The number of pyridine rings is 1. The van der Waals surface area contributed by atoms with Gasteiger partial charge in [-0.15, -0.1) is 0 Å². The number of aryl methyl sites for hydroxylation is 1. The van der Waals surface area contributed by atoms with Crippen molar-refractivity contribution in [1.82, 2.24) is 10.3 Å². The predicted molar refractivity (Wildman–Crippen MR) is 66.0 cm³/mol. The topological polar surface area (TPSA) is 106 Å². The van der Waals surface area contributed by atoms with Gasteiger partial charge in [0.05, 0.1) is 24.5 Å². The Morgan fingerprint density at radius 3 is 2.61 bits per heavy atom. The van der Waals surface area contributed by atoms with Gasteiger partial charge in [-0.1, -0.05) is 0 Å². The Kier molecular flexibility index (Phi) is 5.03. The van der Waals surface area contributed by atoms with Gasteiger partial charge in [0.25, 0.3) is 0 Å². The van der Waals surface area contributed by atoms with Crippen LogP contribution in [0.15, 0.2) is 6.20 Å². The van der Waals surface area contributed by atoms with Crippen molar-refractivity contribution in [2.45, 2.75) is 32.6 Å². The van der Waals surface area contributed by atoms with Crippen LogP contribution >= 0.6 is 0 Å². The van der Waals surface area contributed by atoms with Gasteiger partial charge in [0, 0.05) is 30.4 Å². The van der Waals surface area contributed by atoms with Gasteiger partial charge in [0.15, 0.2) is 0 Å². The quantitative estimate of drug-likeness (QED) is 0.466. The molecule has 0 fully saturated rings. The third-order valence-corrected chi connectivity index (χ3v) is 2.75. The molecule has 1 atom stereocenters. The lowest BCUT2D eigenvalue weighted by atomic mass is 10.1. The molecule has 0 radical (unpaired) electrons. The van der Waals surface area contributed by atoms with Crippen molar-refractivity contribution >= 4 is 0 Å². The summed E-state index contributed by atoms with van der Waals surface area (Å²) in [6.45, 7) is 3.06. The van der Waals surface area contributed by atoms with Crippen LogP contribution < -0.4 is 5.32 Å². The average Bonchev–Trinajstić information content (AvgIpc) is 2.34. The van der Waals surface area contributed by atoms with Gasteiger partial charge in [-0.2, -0.15) is 0 Å². The first-order chi connectivity index (χ1) is 8.41. The molecule has 0 aliphatic rings. The highest BCUT2D eigenvalue weighted by molar-refractivity contribution is 5.40. The van der Waals surface area contributed by atoms with E-state index in [4.69, 9.17) is 5.11 Å². The summed E-state index contributed by atoms with van der Waals surface area (Å²) in [5.41, 5.74) is 0.364. The predicted octanol–water partition coefficient (Wildman–Crippen LogP) is -0.579. The normalized spacial score (nSPS) is 14.5. The minimum absolute atomic E-state index is 0.0395. The molecule has 6 nitrogen and oxygen atoms in total. The molecule has 0 bridgehead atoms. The third-order valence-electron chi connectivity index (χ3n) is 2.75. The smallest absolute Gasteiger partial charge is 0.141 e. The lowest BCUT2D eigenvalue weighted by molar-refractivity contribution is 0.00248. The molecule has 0 amide bonds. The number of aliphatic hydroxyl groups is 3. The Balaban J connectivity index is 2.75. The third kappa shape index (κ3) is 3.64. The van der Waals surface area contributed by atoms with E-state index in [0.29, 0.717) is 16.8 Å². The Bertz CT molecular complexity index is 407. The molecule has 1 rings (SSSR count). The number of nitrogens with one attached hydrogen (secondary N) is 1. The first-order valence-corrected chi connectivity index (χ1v) is 5.72. The van der Waals surface area contributed by atoms with Crippen molar-refractivity contribution in [1.29, 1.82) is 0 Å². The summed E-state index contributed by atoms with van der Waals surface area (Å²) in [6, 6.07) is 0. The largest absolute Gasteiger partial charge is 0.506 e. The second-order valence-electron chi connectivity index (χ2n) is 4.61. The van der Waals surface area contributed by atoms with E-state index >= 15 is 0 Å². The minimum atomic E-state index is -1.21. The van der Waals surface area contributed by atoms with Crippen molar-refractivity contribution in [3.05, 3.63) is 23.0 Å². The van der Waals surface area contributed by atoms with Gasteiger partial charge in [-0.25, -0.2) is 0 Å². The van der Waals surface area contributed by atoms with Crippen LogP contribution in [-0.2, 0) is 13.2 Å². The van der Waals surface area contributed by atoms with Crippen LogP contribution in [0.5, 0.6) is 5.75 Å². The van der Waals surface area contributed by atoms with Gasteiger partial charge < -0.3 is 25.7 Å². The Morgan fingerprint density at radius 2 is 2.06 bits per heavy atom. The zero-order valence-corrected chi connectivity index (χ0v) is 10.6. The van der Waals surface area contributed by atoms with Crippen LogP contribution in [-0.4, -0.2) is 44.2 Å². The Morgan fingerprint density at radius 1 is 1.39 bits per heavy atom. The summed E-state index contributed by atoms with van der Waals surface area (Å²) < 4.78 is 0. The monoisotopic (exact) mass is 256 g/mol. The van der Waals surface area contributed by atoms with E-state index in [1.54, 1.807) is 6.92 Å². The molecule has 1 unspecified atom stereocenters. The first kappa shape index (κ1) is 14.8. The van der Waals surface area contributed by atoms with Crippen molar-refractivity contribution in [2.24, 2.45) is 0 Å². The molecule has 0 aliphatic carbocycles. The van der Waals surface area contributed by atoms with Crippen molar-refractivity contribution in [2.75, 3.05) is 13.2 Å². The highest BCUT2D eigenvalue weighted by Gasteiger charge is 2.19. The van der Waals surface area contributed by atoms with E-state index in [2.05, 4.69) is 10.3 Å². The van der Waals surface area contributed by atoms with Crippen molar-refractivity contribution in [3.8, 4) is 5.75 Å². The molecule has 0 aliphatic heterocycles. The molecule has 6 heteroatoms. The Hall–Kier alpha value is -1.21. The minimum Gasteiger partial charge on any atom is -0.506 e. The fourth-order valence-electron chi connectivity index (χ4n) is 1.53. The zero-order valence-electron chi connectivity index (χ0n) is 10.6. The molecule has 1 aromatic rings. The van der Waals surface area contributed by atoms with E-state index in [1.807, 2.05) is 0 Å². The fourth-order valence-corrected chi connectivity index (χ4v) is 1.53. The molecular weight excluding hydrogens is 236 g/mol. The van der Waals surface area contributed by atoms with E-state index in [9.17, 15) is 15.3 Å². The standard InChI is InChI=1S/C12H20N2O4/c1-8-11(17)10(9(5-15)3-14-8)4-13-6-12(2,18)7-16/h3,13,15-18H,4-7H2,1-2H3. The van der Waals surface area contributed by atoms with E-state index in [-0.39, 0.29) is 32.1 Å². The second-order valence-corrected chi connectivity index (χ2v) is 4.61. The highest BCUT2D eigenvalue weighted by Crippen LogP contribution is 2.23. The van der Waals surface area contributed by atoms with Gasteiger partial charge in [0.1, 0.15) is 5.75 Å². The number of rotatable bonds is 6. The fraction of sp³-hybridized carbons (Fsp3) is 0.583. The summed E-state index contributed by atoms with van der Waals surface area (Å²) >= 11 is 0. The summed E-state index contributed by atoms with van der Waals surface area (Å²) in [4.78, 5) is 3.96. The molecule has 0 aromatic carbocycles. The van der Waals surface area contributed by atoms with Crippen molar-refractivity contribution in [3.63, 3.8) is 0 Å². The van der Waals surface area contributed by atoms with Crippen LogP contribution in [0.25, 0.3) is 0 Å². The molecule has 0 saturated carbocycles. The maximum absolute atomic E-state index is 9.87. The van der Waals surface area contributed by atoms with Crippen LogP contribution in [0.3, 0.4) is 0 Å². The zero-order chi connectivity index (χ0) is 13.8. The van der Waals surface area contributed by atoms with Crippen LogP contribution in [0.4, 0.5) is 0 Å². The number of hydrogen-bond donors (Lipinski definition) is 5. The van der Waals surface area contributed by atoms with E-state index < -0.39 is 5.60 Å². The van der Waals surface area contributed by atoms with Crippen LogP contribution in [0, 0.1) is 6.92 Å². The number of nitrogens with zero attached hydrogens (tertiary/aromatic N) is 1. The molecule has 1 aromatic heterocycles. The lowest BCUT2D eigenvalue weighted by Gasteiger charge is -2.21. The molecule has 0 saturated heterocycles. The van der Waals surface area contributed by atoms with Gasteiger partial charge >= 0.3 is 0 Å². The highest BCUT2D eigenvalue weighted by atomic mass is 16.3. The maximum Gasteiger partial charge on any atom is 0.141 e. The Labute approximate surface area is 106 Å². The van der Waals surface area contributed by atoms with Crippen LogP contribution in [0.2, 0.25) is 0 Å². The molecular formula is C12H20N2O4. The average molecular weight is 256 g/mol. The maximum atomic E-state index is 9.87. The van der Waals surface area contributed by atoms with E-state index in [1.165, 1.54) is 13.1 Å². The van der Waals surface area contributed by atoms with Crippen molar-refractivity contribution < 1.29 is 20.4 Å². The van der Waals surface area contributed by atoms with Crippen LogP contribution in [0.1, 0.15) is 23.7 Å². The van der Waals surface area contributed by atoms with E-state index in [0.717, 1.165) is 0 Å². The number of hydrogen-bond acceptors (Lipinski definition) is 6. The molecule has 1 heterocycles. The summed E-state index contributed by atoms with van der Waals surface area (Å²) in [7, 11) is 0. The van der Waals surface area contributed by atoms with Gasteiger partial charge in [-0.05, 0) is 13.8 Å². The summed E-state index contributed by atoms with van der Waals surface area (Å²) in [5.74, 6) is 0.0395. The second kappa shape index (κ2) is 6.10. The molecule has 0 spiro atoms.